The van der Waals surface area contributed by atoms with Crippen LogP contribution in [0.5, 0.6) is 17.2 Å². The average molecular weight is 392 g/mol. The minimum Gasteiger partial charge on any atom is -0.504 e. The summed E-state index contributed by atoms with van der Waals surface area (Å²) in [5.74, 6) is -0.990. The fraction of sp³-hybridized carbons (Fsp3) is 0.150. The van der Waals surface area contributed by atoms with Crippen LogP contribution in [0.1, 0.15) is 21.5 Å². The fourth-order valence-corrected chi connectivity index (χ4v) is 2.80. The van der Waals surface area contributed by atoms with Crippen LogP contribution in [0.25, 0.3) is 17.0 Å². The van der Waals surface area contributed by atoms with Crippen molar-refractivity contribution in [3.05, 3.63) is 59.4 Å². The Morgan fingerprint density at radius 2 is 1.71 bits per heavy atom. The van der Waals surface area contributed by atoms with E-state index in [0.29, 0.717) is 10.9 Å². The number of allylic oxidation sites excluding steroid dienone is 1. The molecule has 0 unspecified atom stereocenters. The van der Waals surface area contributed by atoms with Crippen molar-refractivity contribution in [3.8, 4) is 17.2 Å². The van der Waals surface area contributed by atoms with Gasteiger partial charge in [-0.25, -0.2) is 0 Å². The highest BCUT2D eigenvalue weighted by Gasteiger charge is 2.30. The maximum absolute atomic E-state index is 12.7. The number of rotatable bonds is 5. The summed E-state index contributed by atoms with van der Waals surface area (Å²) in [6.07, 6.45) is -0.603. The predicted octanol–water partition coefficient (Wildman–Crippen LogP) is 5.07. The molecule has 146 valence electrons. The highest BCUT2D eigenvalue weighted by Crippen LogP contribution is 2.45. The van der Waals surface area contributed by atoms with Gasteiger partial charge in [-0.2, -0.15) is 13.2 Å². The minimum atomic E-state index is -4.44. The van der Waals surface area contributed by atoms with Gasteiger partial charge in [0, 0.05) is 0 Å². The summed E-state index contributed by atoms with van der Waals surface area (Å²) < 4.78 is 53.5. The summed E-state index contributed by atoms with van der Waals surface area (Å²) in [5.41, 5.74) is -0.321. The Balaban J connectivity index is 1.99. The molecule has 1 N–H and O–H groups in total. The summed E-state index contributed by atoms with van der Waals surface area (Å²) >= 11 is 0. The Kier molecular flexibility index (Phi) is 5.04. The van der Waals surface area contributed by atoms with E-state index in [2.05, 4.69) is 0 Å². The topological polar surface area (TPSA) is 68.9 Å². The lowest BCUT2D eigenvalue weighted by Crippen LogP contribution is -2.04. The van der Waals surface area contributed by atoms with Crippen LogP contribution < -0.4 is 9.47 Å². The first kappa shape index (κ1) is 19.3. The maximum atomic E-state index is 12.7. The number of furan rings is 1. The molecule has 0 atom stereocenters. The number of fused-ring (bicyclic) bond motifs is 1. The van der Waals surface area contributed by atoms with Crippen molar-refractivity contribution >= 4 is 22.8 Å². The molecule has 28 heavy (non-hydrogen) atoms. The number of phenolic OH excluding ortho intramolecular Hbond substituents is 1. The Morgan fingerprint density at radius 3 is 2.29 bits per heavy atom. The van der Waals surface area contributed by atoms with E-state index < -0.39 is 23.3 Å². The van der Waals surface area contributed by atoms with Crippen molar-refractivity contribution in [1.82, 2.24) is 0 Å². The number of ether oxygens (including phenoxy) is 2. The highest BCUT2D eigenvalue weighted by atomic mass is 19.4. The summed E-state index contributed by atoms with van der Waals surface area (Å²) in [4.78, 5) is 12.7. The molecule has 3 aromatic rings. The first-order valence-electron chi connectivity index (χ1n) is 8.01. The third kappa shape index (κ3) is 3.40. The molecule has 0 aliphatic heterocycles. The van der Waals surface area contributed by atoms with E-state index in [0.717, 1.165) is 18.2 Å². The van der Waals surface area contributed by atoms with E-state index in [9.17, 15) is 23.1 Å². The monoisotopic (exact) mass is 392 g/mol. The number of methoxy groups -OCH3 is 2. The Bertz CT molecular complexity index is 1050. The molecule has 0 amide bonds. The van der Waals surface area contributed by atoms with E-state index in [1.807, 2.05) is 0 Å². The maximum Gasteiger partial charge on any atom is 0.416 e. The van der Waals surface area contributed by atoms with Gasteiger partial charge in [0.05, 0.1) is 31.4 Å². The molecule has 0 aliphatic carbocycles. The average Bonchev–Trinajstić information content (AvgIpc) is 3.14. The molecule has 2 aromatic carbocycles. The van der Waals surface area contributed by atoms with Crippen LogP contribution in [0.4, 0.5) is 13.2 Å². The number of hydrogen-bond acceptors (Lipinski definition) is 5. The zero-order chi connectivity index (χ0) is 20.5. The van der Waals surface area contributed by atoms with Crippen molar-refractivity contribution in [3.63, 3.8) is 0 Å². The molecular weight excluding hydrogens is 377 g/mol. The first-order chi connectivity index (χ1) is 13.3. The largest absolute Gasteiger partial charge is 0.504 e. The quantitative estimate of drug-likeness (QED) is 0.485. The number of hydrogen-bond donors (Lipinski definition) is 1. The number of carbonyl (C=O) groups excluding carboxylic acids is 1. The lowest BCUT2D eigenvalue weighted by molar-refractivity contribution is -0.137. The van der Waals surface area contributed by atoms with Gasteiger partial charge in [0.25, 0.3) is 0 Å². The second-order valence-corrected chi connectivity index (χ2v) is 5.77. The number of carbonyl (C=O) groups is 1. The van der Waals surface area contributed by atoms with Gasteiger partial charge < -0.3 is 19.0 Å². The van der Waals surface area contributed by atoms with Gasteiger partial charge in [-0.15, -0.1) is 0 Å². The fourth-order valence-electron chi connectivity index (χ4n) is 2.80. The zero-order valence-electron chi connectivity index (χ0n) is 14.8. The Hall–Kier alpha value is -3.42. The molecule has 1 heterocycles. The lowest BCUT2D eigenvalue weighted by Gasteiger charge is -2.13. The molecule has 8 heteroatoms. The van der Waals surface area contributed by atoms with E-state index in [1.54, 1.807) is 6.07 Å². The molecule has 0 fully saturated rings. The van der Waals surface area contributed by atoms with Crippen molar-refractivity contribution in [2.75, 3.05) is 14.2 Å². The zero-order valence-corrected chi connectivity index (χ0v) is 14.8. The van der Waals surface area contributed by atoms with Crippen molar-refractivity contribution < 1.29 is 37.0 Å². The van der Waals surface area contributed by atoms with Crippen LogP contribution in [-0.4, -0.2) is 25.1 Å². The number of ketones is 1. The summed E-state index contributed by atoms with van der Waals surface area (Å²) in [6.45, 7) is 0. The van der Waals surface area contributed by atoms with E-state index in [4.69, 9.17) is 13.9 Å². The van der Waals surface area contributed by atoms with Crippen LogP contribution in [0.15, 0.2) is 47.1 Å². The van der Waals surface area contributed by atoms with Gasteiger partial charge in [0.2, 0.25) is 5.75 Å². The van der Waals surface area contributed by atoms with Crippen molar-refractivity contribution in [2.24, 2.45) is 0 Å². The molecule has 3 rings (SSSR count). The normalized spacial score (nSPS) is 11.9. The van der Waals surface area contributed by atoms with Crippen LogP contribution in [0.2, 0.25) is 0 Å². The second kappa shape index (κ2) is 7.30. The smallest absolute Gasteiger partial charge is 0.416 e. The summed E-state index contributed by atoms with van der Waals surface area (Å²) in [7, 11) is 2.65. The van der Waals surface area contributed by atoms with Crippen LogP contribution >= 0.6 is 0 Å². The Labute approximate surface area is 157 Å². The molecule has 0 bridgehead atoms. The van der Waals surface area contributed by atoms with E-state index in [1.165, 1.54) is 38.7 Å². The first-order valence-corrected chi connectivity index (χ1v) is 8.01. The molecule has 5 nitrogen and oxygen atoms in total. The summed E-state index contributed by atoms with van der Waals surface area (Å²) in [5, 5.41) is 10.9. The molecule has 0 spiro atoms. The molecule has 0 saturated carbocycles. The van der Waals surface area contributed by atoms with Crippen LogP contribution in [0.3, 0.4) is 0 Å². The van der Waals surface area contributed by atoms with Gasteiger partial charge in [0.15, 0.2) is 17.1 Å². The van der Waals surface area contributed by atoms with Crippen LogP contribution in [0, 0.1) is 0 Å². The van der Waals surface area contributed by atoms with Crippen molar-refractivity contribution in [2.45, 2.75) is 6.18 Å². The number of phenols is 1. The van der Waals surface area contributed by atoms with Crippen LogP contribution in [-0.2, 0) is 6.18 Å². The molecule has 1 aromatic heterocycles. The lowest BCUT2D eigenvalue weighted by atomic mass is 10.0. The second-order valence-electron chi connectivity index (χ2n) is 5.77. The standard InChI is InChI=1S/C20H15F3O5/c1-26-17-13-9-10-28-18(13)19(27-2)16(25)15(17)14(24)8-5-11-3-6-12(7-4-11)20(21,22)23/h3-10,25H,1-2H3/b8-5+. The SMILES string of the molecule is COc1c(C(=O)/C=C/c2ccc(C(F)(F)F)cc2)c(O)c(OC)c2occc12. The van der Waals surface area contributed by atoms with Gasteiger partial charge >= 0.3 is 6.18 Å². The number of benzene rings is 2. The van der Waals surface area contributed by atoms with Gasteiger partial charge in [-0.1, -0.05) is 18.2 Å². The molecular formula is C20H15F3O5. The third-order valence-corrected chi connectivity index (χ3v) is 4.11. The minimum absolute atomic E-state index is 0.0212. The van der Waals surface area contributed by atoms with E-state index in [-0.39, 0.29) is 22.6 Å². The molecule has 0 aliphatic rings. The van der Waals surface area contributed by atoms with E-state index >= 15 is 0 Å². The van der Waals surface area contributed by atoms with Gasteiger partial charge in [-0.3, -0.25) is 4.79 Å². The number of alkyl halides is 3. The molecule has 0 radical (unpaired) electrons. The number of aromatic hydroxyl groups is 1. The Morgan fingerprint density at radius 1 is 1.07 bits per heavy atom. The number of halogens is 3. The van der Waals surface area contributed by atoms with Crippen molar-refractivity contribution in [1.29, 1.82) is 0 Å². The highest BCUT2D eigenvalue weighted by molar-refractivity contribution is 6.15. The van der Waals surface area contributed by atoms with Gasteiger partial charge in [0.1, 0.15) is 11.3 Å². The molecule has 0 saturated heterocycles. The van der Waals surface area contributed by atoms with Gasteiger partial charge in [-0.05, 0) is 29.8 Å². The third-order valence-electron chi connectivity index (χ3n) is 4.11. The summed E-state index contributed by atoms with van der Waals surface area (Å²) in [6, 6.07) is 5.88. The predicted molar refractivity (Wildman–Crippen MR) is 95.8 cm³/mol.